The molecule has 2 aromatic carbocycles. The van der Waals surface area contributed by atoms with Crippen molar-refractivity contribution in [2.75, 3.05) is 0 Å². The molecule has 0 bridgehead atoms. The van der Waals surface area contributed by atoms with Crippen molar-refractivity contribution in [3.05, 3.63) is 65.5 Å². The molecule has 3 rings (SSSR count). The van der Waals surface area contributed by atoms with Gasteiger partial charge in [0.2, 0.25) is 0 Å². The Bertz CT molecular complexity index is 580. The highest BCUT2D eigenvalue weighted by Gasteiger charge is 2.01. The Morgan fingerprint density at radius 1 is 1.06 bits per heavy atom. The minimum Gasteiger partial charge on any atom is -0.488 e. The number of ether oxygens (including phenoxy) is 1. The fraction of sp³-hybridized carbons (Fsp3) is 0.0667. The zero-order valence-corrected chi connectivity index (χ0v) is 10.0. The monoisotopic (exact) mass is 239 g/mol. The molecule has 0 aliphatic carbocycles. The molecule has 1 nitrogen and oxygen atoms in total. The van der Waals surface area contributed by atoms with Crippen LogP contribution < -0.4 is 4.74 Å². The minimum atomic E-state index is 0.628. The summed E-state index contributed by atoms with van der Waals surface area (Å²) in [6.45, 7) is 0.628. The van der Waals surface area contributed by atoms with Gasteiger partial charge in [0.15, 0.2) is 0 Å². The van der Waals surface area contributed by atoms with E-state index >= 15 is 0 Å². The van der Waals surface area contributed by atoms with Gasteiger partial charge in [-0.05, 0) is 35.7 Å². The Hall–Kier alpha value is -1.80. The van der Waals surface area contributed by atoms with Crippen LogP contribution in [-0.4, -0.2) is 0 Å². The van der Waals surface area contributed by atoms with E-state index in [-0.39, 0.29) is 0 Å². The van der Waals surface area contributed by atoms with E-state index in [0.717, 1.165) is 5.75 Å². The van der Waals surface area contributed by atoms with Crippen LogP contribution in [0.15, 0.2) is 54.6 Å². The third-order valence-electron chi connectivity index (χ3n) is 2.55. The van der Waals surface area contributed by atoms with Crippen LogP contribution >= 0.6 is 11.3 Å². The fourth-order valence-electron chi connectivity index (χ4n) is 1.73. The Morgan fingerprint density at radius 3 is 2.71 bits per heavy atom. The molecule has 0 N–H and O–H groups in total. The van der Waals surface area contributed by atoms with Crippen LogP contribution in [0.1, 0.15) is 4.88 Å². The fourth-order valence-corrected chi connectivity index (χ4v) is 2.71. The van der Waals surface area contributed by atoms with E-state index in [4.69, 9.17) is 4.74 Å². The van der Waals surface area contributed by atoms with Gasteiger partial charge < -0.3 is 4.74 Å². The van der Waals surface area contributed by atoms with E-state index in [0.29, 0.717) is 6.61 Å². The molecule has 2 heteroatoms. The summed E-state index contributed by atoms with van der Waals surface area (Å²) >= 11 is 1.78. The SMILES string of the molecule is [c]1ccc(OCc2cc3ccccc3s2)cc1. The zero-order chi connectivity index (χ0) is 11.5. The smallest absolute Gasteiger partial charge is 0.122 e. The van der Waals surface area contributed by atoms with Crippen molar-refractivity contribution in [2.45, 2.75) is 6.61 Å². The van der Waals surface area contributed by atoms with E-state index in [1.54, 1.807) is 11.3 Å². The Kier molecular flexibility index (Phi) is 2.80. The molecule has 0 aliphatic heterocycles. The molecule has 1 aromatic heterocycles. The molecule has 0 aliphatic rings. The molecule has 0 unspecified atom stereocenters. The molecule has 1 heterocycles. The van der Waals surface area contributed by atoms with Gasteiger partial charge in [-0.3, -0.25) is 0 Å². The maximum Gasteiger partial charge on any atom is 0.122 e. The van der Waals surface area contributed by atoms with Gasteiger partial charge in [0.25, 0.3) is 0 Å². The average molecular weight is 239 g/mol. The van der Waals surface area contributed by atoms with Gasteiger partial charge in [0.05, 0.1) is 0 Å². The summed E-state index contributed by atoms with van der Waals surface area (Å²) in [6, 6.07) is 21.1. The normalized spacial score (nSPS) is 10.6. The summed E-state index contributed by atoms with van der Waals surface area (Å²) in [6.07, 6.45) is 0. The van der Waals surface area contributed by atoms with E-state index < -0.39 is 0 Å². The Balaban J connectivity index is 1.77. The third kappa shape index (κ3) is 2.32. The van der Waals surface area contributed by atoms with Gasteiger partial charge >= 0.3 is 0 Å². The lowest BCUT2D eigenvalue weighted by atomic mass is 10.2. The predicted molar refractivity (Wildman–Crippen MR) is 71.4 cm³/mol. The van der Waals surface area contributed by atoms with Crippen molar-refractivity contribution in [3.63, 3.8) is 0 Å². The van der Waals surface area contributed by atoms with Crippen LogP contribution in [0.5, 0.6) is 5.75 Å². The van der Waals surface area contributed by atoms with Crippen LogP contribution in [0.4, 0.5) is 0 Å². The van der Waals surface area contributed by atoms with Crippen LogP contribution in [0.25, 0.3) is 10.1 Å². The number of benzene rings is 2. The molecular formula is C15H11OS. The largest absolute Gasteiger partial charge is 0.488 e. The van der Waals surface area contributed by atoms with Crippen LogP contribution in [-0.2, 0) is 6.61 Å². The summed E-state index contributed by atoms with van der Waals surface area (Å²) < 4.78 is 7.02. The van der Waals surface area contributed by atoms with Gasteiger partial charge in [0, 0.05) is 9.58 Å². The Labute approximate surface area is 104 Å². The highest BCUT2D eigenvalue weighted by molar-refractivity contribution is 7.19. The van der Waals surface area contributed by atoms with Crippen LogP contribution in [0.2, 0.25) is 0 Å². The molecule has 0 atom stereocenters. The first kappa shape index (κ1) is 10.4. The topological polar surface area (TPSA) is 9.23 Å². The molecule has 0 spiro atoms. The second-order valence-corrected chi connectivity index (χ2v) is 4.94. The first-order valence-electron chi connectivity index (χ1n) is 5.48. The maximum atomic E-state index is 5.71. The standard InChI is InChI=1S/C15H11OS/c1-2-7-13(8-3-1)16-11-14-10-12-6-4-5-9-15(12)17-14/h2-10H,11H2. The molecule has 83 valence electrons. The van der Waals surface area contributed by atoms with Crippen molar-refractivity contribution in [1.29, 1.82) is 0 Å². The van der Waals surface area contributed by atoms with Crippen molar-refractivity contribution in [1.82, 2.24) is 0 Å². The second kappa shape index (κ2) is 4.60. The van der Waals surface area contributed by atoms with Crippen LogP contribution in [0, 0.1) is 6.07 Å². The number of fused-ring (bicyclic) bond motifs is 1. The molecule has 0 fully saturated rings. The van der Waals surface area contributed by atoms with Gasteiger partial charge in [-0.1, -0.05) is 30.3 Å². The van der Waals surface area contributed by atoms with Crippen molar-refractivity contribution in [2.24, 2.45) is 0 Å². The van der Waals surface area contributed by atoms with Crippen molar-refractivity contribution >= 4 is 21.4 Å². The van der Waals surface area contributed by atoms with Crippen molar-refractivity contribution in [3.8, 4) is 5.75 Å². The van der Waals surface area contributed by atoms with E-state index in [1.807, 2.05) is 24.3 Å². The quantitative estimate of drug-likeness (QED) is 0.663. The lowest BCUT2D eigenvalue weighted by molar-refractivity contribution is 0.310. The maximum absolute atomic E-state index is 5.71. The van der Waals surface area contributed by atoms with E-state index in [1.165, 1.54) is 15.0 Å². The van der Waals surface area contributed by atoms with Gasteiger partial charge in [0.1, 0.15) is 12.4 Å². The van der Waals surface area contributed by atoms with E-state index in [9.17, 15) is 0 Å². The van der Waals surface area contributed by atoms with E-state index in [2.05, 4.69) is 36.4 Å². The number of hydrogen-bond donors (Lipinski definition) is 0. The first-order valence-corrected chi connectivity index (χ1v) is 6.30. The molecule has 0 amide bonds. The van der Waals surface area contributed by atoms with Crippen LogP contribution in [0.3, 0.4) is 0 Å². The van der Waals surface area contributed by atoms with Gasteiger partial charge in [-0.15, -0.1) is 11.3 Å². The molecule has 3 aromatic rings. The molecule has 1 radical (unpaired) electrons. The summed E-state index contributed by atoms with van der Waals surface area (Å²) in [4.78, 5) is 1.25. The number of hydrogen-bond acceptors (Lipinski definition) is 2. The highest BCUT2D eigenvalue weighted by Crippen LogP contribution is 2.26. The third-order valence-corrected chi connectivity index (χ3v) is 3.63. The predicted octanol–water partition coefficient (Wildman–Crippen LogP) is 4.28. The summed E-state index contributed by atoms with van der Waals surface area (Å²) in [7, 11) is 0. The molecule has 17 heavy (non-hydrogen) atoms. The lowest BCUT2D eigenvalue weighted by Crippen LogP contribution is -1.91. The Morgan fingerprint density at radius 2 is 1.88 bits per heavy atom. The number of thiophene rings is 1. The first-order chi connectivity index (χ1) is 8.42. The summed E-state index contributed by atoms with van der Waals surface area (Å²) in [5, 5.41) is 1.29. The molecule has 0 saturated heterocycles. The lowest BCUT2D eigenvalue weighted by Gasteiger charge is -2.02. The number of rotatable bonds is 3. The second-order valence-electron chi connectivity index (χ2n) is 3.77. The van der Waals surface area contributed by atoms with Gasteiger partial charge in [-0.2, -0.15) is 0 Å². The average Bonchev–Trinajstić information content (AvgIpc) is 2.80. The summed E-state index contributed by atoms with van der Waals surface area (Å²) in [5.41, 5.74) is 0. The zero-order valence-electron chi connectivity index (χ0n) is 9.22. The summed E-state index contributed by atoms with van der Waals surface area (Å²) in [5.74, 6) is 0.890. The van der Waals surface area contributed by atoms with Gasteiger partial charge in [-0.25, -0.2) is 0 Å². The molecule has 0 saturated carbocycles. The highest BCUT2D eigenvalue weighted by atomic mass is 32.1. The van der Waals surface area contributed by atoms with Crippen molar-refractivity contribution < 1.29 is 4.74 Å². The minimum absolute atomic E-state index is 0.628. The molecular weight excluding hydrogens is 228 g/mol.